The van der Waals surface area contributed by atoms with E-state index in [9.17, 15) is 4.79 Å². The minimum Gasteiger partial charge on any atom is -0.493 e. The van der Waals surface area contributed by atoms with E-state index >= 15 is 0 Å². The van der Waals surface area contributed by atoms with Gasteiger partial charge in [0.1, 0.15) is 6.04 Å². The molecule has 0 saturated heterocycles. The maximum Gasteiger partial charge on any atom is 0.242 e. The molecule has 21 heavy (non-hydrogen) atoms. The highest BCUT2D eigenvalue weighted by molar-refractivity contribution is 5.84. The second kappa shape index (κ2) is 7.61. The van der Waals surface area contributed by atoms with Crippen molar-refractivity contribution in [1.82, 2.24) is 5.32 Å². The Balaban J connectivity index is 2.96. The van der Waals surface area contributed by atoms with Gasteiger partial charge in [0.05, 0.1) is 21.3 Å². The lowest BCUT2D eigenvalue weighted by Crippen LogP contribution is -2.40. The quantitative estimate of drug-likeness (QED) is 0.806. The van der Waals surface area contributed by atoms with Crippen LogP contribution in [-0.2, 0) is 4.79 Å². The summed E-state index contributed by atoms with van der Waals surface area (Å²) in [6.45, 7) is 5.63. The molecule has 0 spiro atoms. The van der Waals surface area contributed by atoms with Crippen LogP contribution in [0, 0.1) is 0 Å². The molecule has 118 valence electrons. The van der Waals surface area contributed by atoms with Gasteiger partial charge in [-0.3, -0.25) is 4.79 Å². The van der Waals surface area contributed by atoms with E-state index in [-0.39, 0.29) is 18.0 Å². The third-order valence-corrected chi connectivity index (χ3v) is 2.87. The average Bonchev–Trinajstić information content (AvgIpc) is 2.45. The fraction of sp³-hybridized carbons (Fsp3) is 0.533. The van der Waals surface area contributed by atoms with Gasteiger partial charge in [0.15, 0.2) is 11.5 Å². The van der Waals surface area contributed by atoms with Gasteiger partial charge >= 0.3 is 0 Å². The molecule has 1 rings (SSSR count). The standard InChI is InChI=1S/C15H24N2O4/c1-9(2)16-15(18)10(3)17-11-7-12(19-4)14(21-6)13(8-11)20-5/h7-10,17H,1-6H3,(H,16,18). The van der Waals surface area contributed by atoms with Crippen molar-refractivity contribution in [3.05, 3.63) is 12.1 Å². The highest BCUT2D eigenvalue weighted by atomic mass is 16.5. The Morgan fingerprint density at radius 3 is 1.90 bits per heavy atom. The van der Waals surface area contributed by atoms with E-state index in [1.54, 1.807) is 40.4 Å². The fourth-order valence-electron chi connectivity index (χ4n) is 1.89. The molecule has 0 bridgehead atoms. The van der Waals surface area contributed by atoms with Gasteiger partial charge in [0, 0.05) is 23.9 Å². The molecule has 0 aliphatic rings. The van der Waals surface area contributed by atoms with Crippen molar-refractivity contribution < 1.29 is 19.0 Å². The Labute approximate surface area is 125 Å². The van der Waals surface area contributed by atoms with Gasteiger partial charge in [-0.15, -0.1) is 0 Å². The van der Waals surface area contributed by atoms with Crippen LogP contribution in [0.15, 0.2) is 12.1 Å². The lowest BCUT2D eigenvalue weighted by molar-refractivity contribution is -0.122. The van der Waals surface area contributed by atoms with Crippen LogP contribution < -0.4 is 24.8 Å². The van der Waals surface area contributed by atoms with Crippen LogP contribution >= 0.6 is 0 Å². The van der Waals surface area contributed by atoms with Crippen LogP contribution in [0.1, 0.15) is 20.8 Å². The molecular weight excluding hydrogens is 272 g/mol. The summed E-state index contributed by atoms with van der Waals surface area (Å²) < 4.78 is 15.8. The van der Waals surface area contributed by atoms with Crippen LogP contribution in [0.2, 0.25) is 0 Å². The normalized spacial score (nSPS) is 11.8. The Kier molecular flexibility index (Phi) is 6.14. The number of amides is 1. The lowest BCUT2D eigenvalue weighted by Gasteiger charge is -2.19. The number of carbonyl (C=O) groups is 1. The van der Waals surface area contributed by atoms with Gasteiger partial charge < -0.3 is 24.8 Å². The monoisotopic (exact) mass is 296 g/mol. The first kappa shape index (κ1) is 16.9. The molecule has 6 nitrogen and oxygen atoms in total. The number of hydrogen-bond acceptors (Lipinski definition) is 5. The number of carbonyl (C=O) groups excluding carboxylic acids is 1. The van der Waals surface area contributed by atoms with Crippen molar-refractivity contribution in [3.63, 3.8) is 0 Å². The van der Waals surface area contributed by atoms with Gasteiger partial charge in [-0.1, -0.05) is 0 Å². The Bertz CT molecular complexity index is 464. The average molecular weight is 296 g/mol. The predicted octanol–water partition coefficient (Wildman–Crippen LogP) is 2.04. The zero-order chi connectivity index (χ0) is 16.0. The Hall–Kier alpha value is -2.11. The molecular formula is C15H24N2O4. The van der Waals surface area contributed by atoms with Crippen molar-refractivity contribution >= 4 is 11.6 Å². The molecule has 0 saturated carbocycles. The number of nitrogens with one attached hydrogen (secondary N) is 2. The summed E-state index contributed by atoms with van der Waals surface area (Å²) >= 11 is 0. The summed E-state index contributed by atoms with van der Waals surface area (Å²) in [4.78, 5) is 11.9. The van der Waals surface area contributed by atoms with Crippen LogP contribution in [-0.4, -0.2) is 39.3 Å². The molecule has 0 fully saturated rings. The second-order valence-corrected chi connectivity index (χ2v) is 4.94. The van der Waals surface area contributed by atoms with E-state index in [0.717, 1.165) is 5.69 Å². The van der Waals surface area contributed by atoms with Crippen LogP contribution in [0.25, 0.3) is 0 Å². The first-order valence-corrected chi connectivity index (χ1v) is 6.79. The van der Waals surface area contributed by atoms with Gasteiger partial charge in [0.2, 0.25) is 11.7 Å². The number of rotatable bonds is 7. The molecule has 6 heteroatoms. The Morgan fingerprint density at radius 1 is 1.00 bits per heavy atom. The highest BCUT2D eigenvalue weighted by Gasteiger charge is 2.17. The van der Waals surface area contributed by atoms with E-state index in [0.29, 0.717) is 17.2 Å². The van der Waals surface area contributed by atoms with E-state index in [4.69, 9.17) is 14.2 Å². The number of ether oxygens (including phenoxy) is 3. The van der Waals surface area contributed by atoms with Crippen LogP contribution in [0.5, 0.6) is 17.2 Å². The first-order valence-electron chi connectivity index (χ1n) is 6.79. The third kappa shape index (κ3) is 4.44. The summed E-state index contributed by atoms with van der Waals surface area (Å²) in [6, 6.07) is 3.25. The van der Waals surface area contributed by atoms with E-state index < -0.39 is 0 Å². The van der Waals surface area contributed by atoms with Crippen LogP contribution in [0.4, 0.5) is 5.69 Å². The number of hydrogen-bond donors (Lipinski definition) is 2. The van der Waals surface area contributed by atoms with Crippen molar-refractivity contribution in [2.75, 3.05) is 26.6 Å². The summed E-state index contributed by atoms with van der Waals surface area (Å²) in [5, 5.41) is 5.97. The number of methoxy groups -OCH3 is 3. The summed E-state index contributed by atoms with van der Waals surface area (Å²) in [7, 11) is 4.65. The summed E-state index contributed by atoms with van der Waals surface area (Å²) in [5.41, 5.74) is 0.718. The van der Waals surface area contributed by atoms with Gasteiger partial charge in [-0.05, 0) is 20.8 Å². The molecule has 0 aromatic heterocycles. The number of benzene rings is 1. The minimum atomic E-state index is -0.379. The van der Waals surface area contributed by atoms with Gasteiger partial charge in [-0.2, -0.15) is 0 Å². The number of anilines is 1. The predicted molar refractivity (Wildman–Crippen MR) is 82.5 cm³/mol. The second-order valence-electron chi connectivity index (χ2n) is 4.94. The van der Waals surface area contributed by atoms with Crippen molar-refractivity contribution in [2.45, 2.75) is 32.9 Å². The van der Waals surface area contributed by atoms with E-state index in [1.165, 1.54) is 0 Å². The van der Waals surface area contributed by atoms with Crippen molar-refractivity contribution in [2.24, 2.45) is 0 Å². The van der Waals surface area contributed by atoms with E-state index in [1.807, 2.05) is 13.8 Å². The molecule has 1 aromatic rings. The maximum absolute atomic E-state index is 11.9. The summed E-state index contributed by atoms with van der Waals surface area (Å²) in [6.07, 6.45) is 0. The first-order chi connectivity index (χ1) is 9.92. The summed E-state index contributed by atoms with van der Waals surface area (Å²) in [5.74, 6) is 1.52. The minimum absolute atomic E-state index is 0.0706. The highest BCUT2D eigenvalue weighted by Crippen LogP contribution is 2.40. The van der Waals surface area contributed by atoms with Crippen LogP contribution in [0.3, 0.4) is 0 Å². The van der Waals surface area contributed by atoms with Gasteiger partial charge in [-0.25, -0.2) is 0 Å². The topological polar surface area (TPSA) is 68.8 Å². The molecule has 0 aliphatic carbocycles. The Morgan fingerprint density at radius 2 is 1.52 bits per heavy atom. The molecule has 1 unspecified atom stereocenters. The molecule has 1 aromatic carbocycles. The van der Waals surface area contributed by atoms with E-state index in [2.05, 4.69) is 10.6 Å². The SMILES string of the molecule is COc1cc(NC(C)C(=O)NC(C)C)cc(OC)c1OC. The molecule has 0 heterocycles. The fourth-order valence-corrected chi connectivity index (χ4v) is 1.89. The van der Waals surface area contributed by atoms with Gasteiger partial charge in [0.25, 0.3) is 0 Å². The largest absolute Gasteiger partial charge is 0.493 e. The molecule has 0 radical (unpaired) electrons. The van der Waals surface area contributed by atoms with Crippen molar-refractivity contribution in [3.8, 4) is 17.2 Å². The third-order valence-electron chi connectivity index (χ3n) is 2.87. The maximum atomic E-state index is 11.9. The molecule has 1 atom stereocenters. The lowest BCUT2D eigenvalue weighted by atomic mass is 10.2. The van der Waals surface area contributed by atoms with Crippen molar-refractivity contribution in [1.29, 1.82) is 0 Å². The molecule has 0 aliphatic heterocycles. The molecule has 2 N–H and O–H groups in total. The zero-order valence-corrected chi connectivity index (χ0v) is 13.4. The molecule has 1 amide bonds. The zero-order valence-electron chi connectivity index (χ0n) is 13.4. The smallest absolute Gasteiger partial charge is 0.242 e.